The summed E-state index contributed by atoms with van der Waals surface area (Å²) < 4.78 is 10.7. The standard InChI is InChI=1S/C11H12Cl4O4/c1-4-5(8(16)17)10(15)7(13)6(12)9(4,14)11(10,18-2)19-3/h4-5H,1-3H3,(H,16,17). The van der Waals surface area contributed by atoms with Crippen molar-refractivity contribution in [3.05, 3.63) is 10.1 Å². The molecule has 2 rings (SSSR count). The number of rotatable bonds is 3. The Morgan fingerprint density at radius 3 is 1.89 bits per heavy atom. The van der Waals surface area contributed by atoms with Crippen LogP contribution < -0.4 is 0 Å². The van der Waals surface area contributed by atoms with Gasteiger partial charge in [-0.3, -0.25) is 4.79 Å². The van der Waals surface area contributed by atoms with Gasteiger partial charge in [0.1, 0.15) is 4.87 Å². The number of hydrogen-bond acceptors (Lipinski definition) is 3. The molecule has 2 bridgehead atoms. The molecule has 0 aromatic heterocycles. The van der Waals surface area contributed by atoms with Gasteiger partial charge in [0.15, 0.2) is 4.87 Å². The number of carboxylic acid groups (broad SMARTS) is 1. The smallest absolute Gasteiger partial charge is 0.309 e. The molecular weight excluding hydrogens is 338 g/mol. The Labute approximate surface area is 130 Å². The van der Waals surface area contributed by atoms with E-state index >= 15 is 0 Å². The molecule has 0 spiro atoms. The second-order valence-corrected chi connectivity index (χ2v) is 6.63. The number of alkyl halides is 2. The van der Waals surface area contributed by atoms with Crippen LogP contribution in [0.5, 0.6) is 0 Å². The molecule has 8 heteroatoms. The molecule has 0 aliphatic heterocycles. The SMILES string of the molecule is COC1(OC)C2(Cl)C(Cl)=C(Cl)C1(Cl)C(C(=O)O)C2C. The van der Waals surface area contributed by atoms with Gasteiger partial charge in [-0.05, 0) is 0 Å². The maximum atomic E-state index is 11.5. The summed E-state index contributed by atoms with van der Waals surface area (Å²) in [6.45, 7) is 1.63. The van der Waals surface area contributed by atoms with Crippen molar-refractivity contribution in [3.8, 4) is 0 Å². The van der Waals surface area contributed by atoms with Crippen LogP contribution in [0.4, 0.5) is 0 Å². The van der Waals surface area contributed by atoms with E-state index in [1.165, 1.54) is 14.2 Å². The quantitative estimate of drug-likeness (QED) is 0.628. The normalized spacial score (nSPS) is 43.9. The van der Waals surface area contributed by atoms with E-state index < -0.39 is 33.3 Å². The molecule has 4 atom stereocenters. The minimum absolute atomic E-state index is 0.0416. The van der Waals surface area contributed by atoms with Crippen molar-refractivity contribution in [1.82, 2.24) is 0 Å². The Kier molecular flexibility index (Phi) is 3.62. The lowest BCUT2D eigenvalue weighted by atomic mass is 9.83. The highest BCUT2D eigenvalue weighted by Gasteiger charge is 2.85. The van der Waals surface area contributed by atoms with Gasteiger partial charge in [0, 0.05) is 20.1 Å². The molecule has 0 radical (unpaired) electrons. The summed E-state index contributed by atoms with van der Waals surface area (Å²) in [6, 6.07) is 0. The first-order valence-corrected chi connectivity index (χ1v) is 6.95. The molecule has 1 saturated carbocycles. The average Bonchev–Trinajstić information content (AvgIpc) is 2.58. The lowest BCUT2D eigenvalue weighted by Gasteiger charge is -2.41. The molecule has 4 unspecified atom stereocenters. The molecule has 0 amide bonds. The summed E-state index contributed by atoms with van der Waals surface area (Å²) in [5.74, 6) is -4.48. The Bertz CT molecular complexity index is 475. The van der Waals surface area contributed by atoms with E-state index in [0.717, 1.165) is 0 Å². The van der Waals surface area contributed by atoms with Gasteiger partial charge < -0.3 is 14.6 Å². The van der Waals surface area contributed by atoms with Crippen molar-refractivity contribution in [1.29, 1.82) is 0 Å². The topological polar surface area (TPSA) is 55.8 Å². The van der Waals surface area contributed by atoms with E-state index in [4.69, 9.17) is 55.9 Å². The fraction of sp³-hybridized carbons (Fsp3) is 0.727. The van der Waals surface area contributed by atoms with Gasteiger partial charge in [-0.2, -0.15) is 0 Å². The summed E-state index contributed by atoms with van der Waals surface area (Å²) >= 11 is 25.4. The number of ether oxygens (including phenoxy) is 2. The van der Waals surface area contributed by atoms with Crippen LogP contribution in [0.25, 0.3) is 0 Å². The number of hydrogen-bond donors (Lipinski definition) is 1. The molecule has 4 nitrogen and oxygen atoms in total. The van der Waals surface area contributed by atoms with Crippen LogP contribution >= 0.6 is 46.4 Å². The van der Waals surface area contributed by atoms with Crippen molar-refractivity contribution in [3.63, 3.8) is 0 Å². The lowest BCUT2D eigenvalue weighted by Crippen LogP contribution is -2.57. The largest absolute Gasteiger partial charge is 0.481 e. The molecule has 2 aliphatic carbocycles. The molecule has 19 heavy (non-hydrogen) atoms. The molecule has 1 N–H and O–H groups in total. The van der Waals surface area contributed by atoms with E-state index in [-0.39, 0.29) is 10.1 Å². The summed E-state index contributed by atoms with van der Waals surface area (Å²) in [4.78, 5) is 8.43. The van der Waals surface area contributed by atoms with Crippen molar-refractivity contribution in [2.45, 2.75) is 22.5 Å². The fourth-order valence-corrected chi connectivity index (χ4v) is 5.54. The van der Waals surface area contributed by atoms with Gasteiger partial charge >= 0.3 is 5.97 Å². The molecule has 0 heterocycles. The van der Waals surface area contributed by atoms with Gasteiger partial charge in [0.2, 0.25) is 5.79 Å². The maximum Gasteiger partial charge on any atom is 0.309 e. The number of carbonyl (C=O) groups is 1. The minimum Gasteiger partial charge on any atom is -0.481 e. The Hall–Kier alpha value is 0.290. The molecule has 0 aromatic carbocycles. The third kappa shape index (κ3) is 1.34. The Morgan fingerprint density at radius 2 is 1.58 bits per heavy atom. The molecule has 2 aliphatic rings. The summed E-state index contributed by atoms with van der Waals surface area (Å²) in [5, 5.41) is 9.46. The fourth-order valence-electron chi connectivity index (χ4n) is 3.35. The predicted molar refractivity (Wildman–Crippen MR) is 72.9 cm³/mol. The third-order valence-corrected chi connectivity index (χ3v) is 6.91. The van der Waals surface area contributed by atoms with Crippen molar-refractivity contribution < 1.29 is 19.4 Å². The van der Waals surface area contributed by atoms with Gasteiger partial charge in [-0.15, -0.1) is 23.2 Å². The number of methoxy groups -OCH3 is 2. The summed E-state index contributed by atoms with van der Waals surface area (Å²) in [6.07, 6.45) is 0. The van der Waals surface area contributed by atoms with Gasteiger partial charge in [-0.1, -0.05) is 30.1 Å². The summed E-state index contributed by atoms with van der Waals surface area (Å²) in [5.41, 5.74) is 0. The van der Waals surface area contributed by atoms with Gasteiger partial charge in [-0.25, -0.2) is 0 Å². The monoisotopic (exact) mass is 348 g/mol. The molecule has 108 valence electrons. The number of fused-ring (bicyclic) bond motifs is 2. The average molecular weight is 350 g/mol. The lowest BCUT2D eigenvalue weighted by molar-refractivity contribution is -0.220. The zero-order chi connectivity index (χ0) is 14.8. The third-order valence-electron chi connectivity index (χ3n) is 4.19. The summed E-state index contributed by atoms with van der Waals surface area (Å²) in [7, 11) is 2.66. The molecular formula is C11H12Cl4O4. The number of aliphatic carboxylic acids is 1. The van der Waals surface area contributed by atoms with E-state index in [0.29, 0.717) is 0 Å². The van der Waals surface area contributed by atoms with Crippen molar-refractivity contribution >= 4 is 52.4 Å². The molecule has 1 fully saturated rings. The second-order valence-electron chi connectivity index (χ2n) is 4.68. The second kappa shape index (κ2) is 4.39. The van der Waals surface area contributed by atoms with Crippen LogP contribution in [0.1, 0.15) is 6.92 Å². The van der Waals surface area contributed by atoms with Crippen LogP contribution in [0.2, 0.25) is 0 Å². The number of carboxylic acids is 1. The van der Waals surface area contributed by atoms with Crippen molar-refractivity contribution in [2.24, 2.45) is 11.8 Å². The molecule has 0 saturated heterocycles. The van der Waals surface area contributed by atoms with Crippen LogP contribution in [0.3, 0.4) is 0 Å². The Balaban J connectivity index is 2.81. The van der Waals surface area contributed by atoms with E-state index in [2.05, 4.69) is 0 Å². The van der Waals surface area contributed by atoms with E-state index in [1.54, 1.807) is 6.92 Å². The maximum absolute atomic E-state index is 11.5. The van der Waals surface area contributed by atoms with E-state index in [9.17, 15) is 9.90 Å². The van der Waals surface area contributed by atoms with Crippen LogP contribution in [-0.4, -0.2) is 40.8 Å². The minimum atomic E-state index is -1.66. The van der Waals surface area contributed by atoms with Crippen LogP contribution in [-0.2, 0) is 14.3 Å². The van der Waals surface area contributed by atoms with Crippen LogP contribution in [0.15, 0.2) is 10.1 Å². The highest BCUT2D eigenvalue weighted by molar-refractivity contribution is 6.52. The van der Waals surface area contributed by atoms with Gasteiger partial charge in [0.25, 0.3) is 0 Å². The van der Waals surface area contributed by atoms with Crippen LogP contribution in [0, 0.1) is 11.8 Å². The van der Waals surface area contributed by atoms with Gasteiger partial charge in [0.05, 0.1) is 16.0 Å². The zero-order valence-corrected chi connectivity index (χ0v) is 13.4. The van der Waals surface area contributed by atoms with Crippen molar-refractivity contribution in [2.75, 3.05) is 14.2 Å². The first-order chi connectivity index (χ1) is 8.66. The molecule has 0 aromatic rings. The predicted octanol–water partition coefficient (Wildman–Crippen LogP) is 2.98. The highest BCUT2D eigenvalue weighted by Crippen LogP contribution is 2.73. The Morgan fingerprint density at radius 1 is 1.16 bits per heavy atom. The number of halogens is 4. The highest BCUT2D eigenvalue weighted by atomic mass is 35.5. The van der Waals surface area contributed by atoms with E-state index in [1.807, 2.05) is 0 Å². The first kappa shape index (κ1) is 15.7. The first-order valence-electron chi connectivity index (χ1n) is 5.44. The zero-order valence-electron chi connectivity index (χ0n) is 10.3.